The summed E-state index contributed by atoms with van der Waals surface area (Å²) < 4.78 is 1.63. The zero-order valence-corrected chi connectivity index (χ0v) is 11.7. The van der Waals surface area contributed by atoms with E-state index in [9.17, 15) is 4.79 Å². The molecule has 1 N–H and O–H groups in total. The van der Waals surface area contributed by atoms with E-state index in [0.717, 1.165) is 19.3 Å². The van der Waals surface area contributed by atoms with Crippen molar-refractivity contribution in [1.29, 1.82) is 0 Å². The van der Waals surface area contributed by atoms with Gasteiger partial charge in [-0.3, -0.25) is 9.48 Å². The molecule has 1 aromatic rings. The lowest BCUT2D eigenvalue weighted by molar-refractivity contribution is 0.0867. The zero-order chi connectivity index (χ0) is 13.2. The fourth-order valence-electron chi connectivity index (χ4n) is 2.78. The SMILES string of the molecule is CC1CCCC(CCl)(NC(=O)c2cnn(C)c2)C1. The van der Waals surface area contributed by atoms with E-state index in [1.807, 2.05) is 0 Å². The third-order valence-corrected chi connectivity index (χ3v) is 4.20. The number of hydrogen-bond acceptors (Lipinski definition) is 2. The first kappa shape index (κ1) is 13.4. The standard InChI is InChI=1S/C13H20ClN3O/c1-10-4-3-5-13(6-10,9-14)16-12(18)11-7-15-17(2)8-11/h7-8,10H,3-6,9H2,1-2H3,(H,16,18). The summed E-state index contributed by atoms with van der Waals surface area (Å²) in [6.45, 7) is 2.22. The van der Waals surface area contributed by atoms with E-state index in [2.05, 4.69) is 17.3 Å². The van der Waals surface area contributed by atoms with Gasteiger partial charge in [-0.25, -0.2) is 0 Å². The van der Waals surface area contributed by atoms with Gasteiger partial charge in [0.1, 0.15) is 0 Å². The molecule has 100 valence electrons. The summed E-state index contributed by atoms with van der Waals surface area (Å²) in [7, 11) is 1.80. The van der Waals surface area contributed by atoms with Crippen LogP contribution in [-0.4, -0.2) is 27.1 Å². The predicted octanol–water partition coefficient (Wildman–Crippen LogP) is 2.34. The molecular weight excluding hydrogens is 250 g/mol. The Kier molecular flexibility index (Phi) is 3.95. The Balaban J connectivity index is 2.08. The van der Waals surface area contributed by atoms with Crippen molar-refractivity contribution in [3.63, 3.8) is 0 Å². The van der Waals surface area contributed by atoms with E-state index in [0.29, 0.717) is 17.4 Å². The summed E-state index contributed by atoms with van der Waals surface area (Å²) in [4.78, 5) is 12.2. The van der Waals surface area contributed by atoms with Crippen LogP contribution in [0.25, 0.3) is 0 Å². The largest absolute Gasteiger partial charge is 0.345 e. The van der Waals surface area contributed by atoms with Crippen LogP contribution in [-0.2, 0) is 7.05 Å². The van der Waals surface area contributed by atoms with Crippen LogP contribution in [0, 0.1) is 5.92 Å². The first-order valence-corrected chi connectivity index (χ1v) is 6.95. The Hall–Kier alpha value is -1.03. The van der Waals surface area contributed by atoms with E-state index < -0.39 is 0 Å². The van der Waals surface area contributed by atoms with Gasteiger partial charge in [0.15, 0.2) is 0 Å². The molecule has 1 aliphatic carbocycles. The van der Waals surface area contributed by atoms with Gasteiger partial charge in [0.05, 0.1) is 17.3 Å². The van der Waals surface area contributed by atoms with Crippen LogP contribution < -0.4 is 5.32 Å². The molecule has 5 heteroatoms. The second-order valence-electron chi connectivity index (χ2n) is 5.47. The average Bonchev–Trinajstić information content (AvgIpc) is 2.76. The summed E-state index contributed by atoms with van der Waals surface area (Å²) in [6, 6.07) is 0. The van der Waals surface area contributed by atoms with Crippen molar-refractivity contribution in [1.82, 2.24) is 15.1 Å². The molecule has 2 atom stereocenters. The summed E-state index contributed by atoms with van der Waals surface area (Å²) in [5, 5.41) is 7.14. The molecule has 0 radical (unpaired) electrons. The molecule has 18 heavy (non-hydrogen) atoms. The van der Waals surface area contributed by atoms with Gasteiger partial charge in [0.2, 0.25) is 0 Å². The van der Waals surface area contributed by atoms with Crippen LogP contribution in [0.3, 0.4) is 0 Å². The fourth-order valence-corrected chi connectivity index (χ4v) is 3.09. The highest BCUT2D eigenvalue weighted by molar-refractivity contribution is 6.19. The van der Waals surface area contributed by atoms with Crippen LogP contribution >= 0.6 is 11.6 Å². The first-order chi connectivity index (χ1) is 8.54. The number of carbonyl (C=O) groups is 1. The Morgan fingerprint density at radius 3 is 3.06 bits per heavy atom. The molecule has 4 nitrogen and oxygen atoms in total. The number of aromatic nitrogens is 2. The smallest absolute Gasteiger partial charge is 0.254 e. The summed E-state index contributed by atoms with van der Waals surface area (Å²) in [5.41, 5.74) is 0.354. The molecule has 1 aromatic heterocycles. The topological polar surface area (TPSA) is 46.9 Å². The molecule has 0 spiro atoms. The van der Waals surface area contributed by atoms with Crippen LogP contribution in [0.4, 0.5) is 0 Å². The van der Waals surface area contributed by atoms with E-state index in [1.54, 1.807) is 24.1 Å². The number of amides is 1. The van der Waals surface area contributed by atoms with E-state index >= 15 is 0 Å². The molecule has 2 unspecified atom stereocenters. The molecule has 1 heterocycles. The molecule has 1 fully saturated rings. The summed E-state index contributed by atoms with van der Waals surface area (Å²) in [5.74, 6) is 1.02. The molecular formula is C13H20ClN3O. The molecule has 0 aromatic carbocycles. The van der Waals surface area contributed by atoms with Gasteiger partial charge in [-0.1, -0.05) is 19.8 Å². The van der Waals surface area contributed by atoms with Crippen LogP contribution in [0.1, 0.15) is 43.0 Å². The highest BCUT2D eigenvalue weighted by atomic mass is 35.5. The average molecular weight is 270 g/mol. The second-order valence-corrected chi connectivity index (χ2v) is 5.74. The third kappa shape index (κ3) is 2.86. The normalized spacial score (nSPS) is 28.1. The molecule has 1 saturated carbocycles. The van der Waals surface area contributed by atoms with Crippen molar-refractivity contribution in [3.8, 4) is 0 Å². The molecule has 0 bridgehead atoms. The summed E-state index contributed by atoms with van der Waals surface area (Å²) in [6.07, 6.45) is 7.59. The lowest BCUT2D eigenvalue weighted by Crippen LogP contribution is -2.52. The Morgan fingerprint density at radius 2 is 2.50 bits per heavy atom. The highest BCUT2D eigenvalue weighted by Crippen LogP contribution is 2.33. The summed E-state index contributed by atoms with van der Waals surface area (Å²) >= 11 is 6.10. The number of hydrogen-bond donors (Lipinski definition) is 1. The lowest BCUT2D eigenvalue weighted by atomic mass is 9.77. The van der Waals surface area contributed by atoms with E-state index in [1.165, 1.54) is 6.42 Å². The first-order valence-electron chi connectivity index (χ1n) is 6.42. The Morgan fingerprint density at radius 1 is 1.72 bits per heavy atom. The number of nitrogens with one attached hydrogen (secondary N) is 1. The second kappa shape index (κ2) is 5.31. The maximum Gasteiger partial charge on any atom is 0.254 e. The number of carbonyl (C=O) groups excluding carboxylic acids is 1. The van der Waals surface area contributed by atoms with Crippen molar-refractivity contribution in [2.24, 2.45) is 13.0 Å². The van der Waals surface area contributed by atoms with Gasteiger partial charge >= 0.3 is 0 Å². The van der Waals surface area contributed by atoms with Gasteiger partial charge < -0.3 is 5.32 Å². The molecule has 1 aliphatic rings. The molecule has 2 rings (SSSR count). The van der Waals surface area contributed by atoms with Crippen molar-refractivity contribution in [3.05, 3.63) is 18.0 Å². The maximum absolute atomic E-state index is 12.2. The maximum atomic E-state index is 12.2. The monoisotopic (exact) mass is 269 g/mol. The van der Waals surface area contributed by atoms with Crippen molar-refractivity contribution >= 4 is 17.5 Å². The van der Waals surface area contributed by atoms with E-state index in [-0.39, 0.29) is 11.4 Å². The Bertz CT molecular complexity index is 432. The van der Waals surface area contributed by atoms with E-state index in [4.69, 9.17) is 11.6 Å². The van der Waals surface area contributed by atoms with Crippen molar-refractivity contribution < 1.29 is 4.79 Å². The number of nitrogens with zero attached hydrogens (tertiary/aromatic N) is 2. The molecule has 1 amide bonds. The number of alkyl halides is 1. The van der Waals surface area contributed by atoms with Gasteiger partial charge in [0.25, 0.3) is 5.91 Å². The molecule has 0 saturated heterocycles. The minimum absolute atomic E-state index is 0.0714. The molecule has 0 aliphatic heterocycles. The van der Waals surface area contributed by atoms with Crippen molar-refractivity contribution in [2.75, 3.05) is 5.88 Å². The lowest BCUT2D eigenvalue weighted by Gasteiger charge is -2.39. The van der Waals surface area contributed by atoms with Gasteiger partial charge in [-0.2, -0.15) is 5.10 Å². The van der Waals surface area contributed by atoms with Gasteiger partial charge in [-0.15, -0.1) is 11.6 Å². The van der Waals surface area contributed by atoms with Crippen molar-refractivity contribution in [2.45, 2.75) is 38.1 Å². The van der Waals surface area contributed by atoms with Crippen LogP contribution in [0.5, 0.6) is 0 Å². The zero-order valence-electron chi connectivity index (χ0n) is 10.9. The van der Waals surface area contributed by atoms with Gasteiger partial charge in [-0.05, 0) is 18.8 Å². The Labute approximate surface area is 113 Å². The van der Waals surface area contributed by atoms with Crippen LogP contribution in [0.15, 0.2) is 12.4 Å². The highest BCUT2D eigenvalue weighted by Gasteiger charge is 2.35. The third-order valence-electron chi connectivity index (χ3n) is 3.69. The fraction of sp³-hybridized carbons (Fsp3) is 0.692. The minimum Gasteiger partial charge on any atom is -0.345 e. The number of aryl methyl sites for hydroxylation is 1. The predicted molar refractivity (Wildman–Crippen MR) is 71.8 cm³/mol. The number of rotatable bonds is 3. The minimum atomic E-state index is -0.244. The van der Waals surface area contributed by atoms with Gasteiger partial charge in [0, 0.05) is 19.1 Å². The number of halogens is 1. The quantitative estimate of drug-likeness (QED) is 0.856. The van der Waals surface area contributed by atoms with Crippen LogP contribution in [0.2, 0.25) is 0 Å².